The van der Waals surface area contributed by atoms with Gasteiger partial charge in [-0.1, -0.05) is 0 Å². The summed E-state index contributed by atoms with van der Waals surface area (Å²) in [6.45, 7) is -0.616. The number of aliphatic hydroxyl groups excluding tert-OH is 3. The molecule has 5 N–H and O–H groups in total. The van der Waals surface area contributed by atoms with Gasteiger partial charge in [0, 0.05) is 0 Å². The van der Waals surface area contributed by atoms with Crippen molar-refractivity contribution in [1.82, 2.24) is 0 Å². The summed E-state index contributed by atoms with van der Waals surface area (Å²) < 4.78 is 4.44. The molecular formula is C6H9NO5. The molecule has 0 aromatic carbocycles. The van der Waals surface area contributed by atoms with Crippen molar-refractivity contribution in [1.29, 1.82) is 0 Å². The van der Waals surface area contributed by atoms with Gasteiger partial charge in [-0.05, 0) is 0 Å². The molecule has 6 heteroatoms. The molecule has 0 aromatic heterocycles. The fourth-order valence-electron chi connectivity index (χ4n) is 0.849. The highest BCUT2D eigenvalue weighted by atomic mass is 16.6. The van der Waals surface area contributed by atoms with Crippen molar-refractivity contribution in [3.63, 3.8) is 0 Å². The van der Waals surface area contributed by atoms with E-state index in [1.807, 2.05) is 0 Å². The maximum atomic E-state index is 10.7. The van der Waals surface area contributed by atoms with Gasteiger partial charge < -0.3 is 25.8 Å². The number of hydrogen-bond acceptors (Lipinski definition) is 6. The number of cyclic esters (lactones) is 1. The molecule has 0 radical (unpaired) electrons. The smallest absolute Gasteiger partial charge is 0.358 e. The molecule has 0 fully saturated rings. The first-order valence-corrected chi connectivity index (χ1v) is 3.26. The lowest BCUT2D eigenvalue weighted by molar-refractivity contribution is -0.145. The molecule has 6 nitrogen and oxygen atoms in total. The van der Waals surface area contributed by atoms with Crippen LogP contribution < -0.4 is 5.73 Å². The van der Waals surface area contributed by atoms with Gasteiger partial charge in [0.15, 0.2) is 17.6 Å². The van der Waals surface area contributed by atoms with Crippen molar-refractivity contribution >= 4 is 5.97 Å². The Balaban J connectivity index is 2.80. The zero-order chi connectivity index (χ0) is 9.30. The number of carbonyl (C=O) groups excluding carboxylic acids is 1. The fraction of sp³-hybridized carbons (Fsp3) is 0.500. The van der Waals surface area contributed by atoms with Gasteiger partial charge in [-0.15, -0.1) is 0 Å². The van der Waals surface area contributed by atoms with Crippen LogP contribution in [-0.4, -0.2) is 40.1 Å². The van der Waals surface area contributed by atoms with Crippen LogP contribution in [-0.2, 0) is 9.53 Å². The fourth-order valence-corrected chi connectivity index (χ4v) is 0.849. The van der Waals surface area contributed by atoms with Crippen molar-refractivity contribution in [2.45, 2.75) is 12.2 Å². The van der Waals surface area contributed by atoms with Crippen molar-refractivity contribution < 1.29 is 24.9 Å². The van der Waals surface area contributed by atoms with Crippen LogP contribution in [0.15, 0.2) is 11.5 Å². The Morgan fingerprint density at radius 1 is 1.67 bits per heavy atom. The minimum absolute atomic E-state index is 0.424. The number of esters is 1. The summed E-state index contributed by atoms with van der Waals surface area (Å²) in [6.07, 6.45) is -2.57. The molecule has 2 atom stereocenters. The summed E-state index contributed by atoms with van der Waals surface area (Å²) in [5.74, 6) is -1.41. The number of carbonyl (C=O) groups is 1. The van der Waals surface area contributed by atoms with Crippen LogP contribution in [0.2, 0.25) is 0 Å². The summed E-state index contributed by atoms with van der Waals surface area (Å²) in [7, 11) is 0. The third-order valence-corrected chi connectivity index (χ3v) is 1.54. The third kappa shape index (κ3) is 1.21. The average Bonchev–Trinajstić information content (AvgIpc) is 2.32. The molecule has 1 aliphatic heterocycles. The predicted molar refractivity (Wildman–Crippen MR) is 36.8 cm³/mol. The van der Waals surface area contributed by atoms with Crippen LogP contribution in [0.3, 0.4) is 0 Å². The molecule has 0 saturated carbocycles. The molecule has 0 amide bonds. The van der Waals surface area contributed by atoms with Crippen LogP contribution >= 0.6 is 0 Å². The molecule has 0 bridgehead atoms. The second kappa shape index (κ2) is 3.00. The van der Waals surface area contributed by atoms with Crippen LogP contribution in [0.4, 0.5) is 0 Å². The molecule has 0 spiro atoms. The second-order valence-corrected chi connectivity index (χ2v) is 2.37. The Morgan fingerprint density at radius 3 is 2.58 bits per heavy atom. The molecule has 1 heterocycles. The van der Waals surface area contributed by atoms with Crippen molar-refractivity contribution in [3.05, 3.63) is 11.5 Å². The average molecular weight is 175 g/mol. The third-order valence-electron chi connectivity index (χ3n) is 1.54. The Morgan fingerprint density at radius 2 is 2.25 bits per heavy atom. The summed E-state index contributed by atoms with van der Waals surface area (Å²) in [6, 6.07) is 0. The predicted octanol–water partition coefficient (Wildman–Crippen LogP) is -2.01. The molecule has 68 valence electrons. The van der Waals surface area contributed by atoms with Gasteiger partial charge in [0.05, 0.1) is 6.61 Å². The summed E-state index contributed by atoms with van der Waals surface area (Å²) in [5, 5.41) is 26.5. The van der Waals surface area contributed by atoms with E-state index in [1.165, 1.54) is 0 Å². The van der Waals surface area contributed by atoms with Gasteiger partial charge in [0.2, 0.25) is 0 Å². The largest absolute Gasteiger partial charge is 0.506 e. The molecular weight excluding hydrogens is 166 g/mol. The number of aliphatic hydroxyl groups is 3. The standard InChI is InChI=1S/C6H9NO5/c7-3-4(10)5(2(9)1-8)12-6(3)11/h2,5,8-10H,1,7H2/t2-,5+/m0/s1. The lowest BCUT2D eigenvalue weighted by Gasteiger charge is -2.14. The molecule has 0 aliphatic carbocycles. The van der Waals surface area contributed by atoms with Crippen molar-refractivity contribution in [2.75, 3.05) is 6.61 Å². The van der Waals surface area contributed by atoms with E-state index >= 15 is 0 Å². The highest BCUT2D eigenvalue weighted by Crippen LogP contribution is 2.19. The molecule has 1 aliphatic rings. The first kappa shape index (κ1) is 8.82. The van der Waals surface area contributed by atoms with E-state index in [-0.39, 0.29) is 0 Å². The molecule has 0 unspecified atom stereocenters. The zero-order valence-electron chi connectivity index (χ0n) is 6.10. The van der Waals surface area contributed by atoms with Gasteiger partial charge >= 0.3 is 5.97 Å². The normalized spacial score (nSPS) is 25.8. The van der Waals surface area contributed by atoms with Crippen LogP contribution in [0.1, 0.15) is 0 Å². The minimum Gasteiger partial charge on any atom is -0.506 e. The molecule has 12 heavy (non-hydrogen) atoms. The van der Waals surface area contributed by atoms with Gasteiger partial charge in [-0.25, -0.2) is 4.79 Å². The topological polar surface area (TPSA) is 113 Å². The van der Waals surface area contributed by atoms with Crippen LogP contribution in [0, 0.1) is 0 Å². The Bertz CT molecular complexity index is 236. The van der Waals surface area contributed by atoms with Gasteiger partial charge in [-0.3, -0.25) is 0 Å². The zero-order valence-corrected chi connectivity index (χ0v) is 6.10. The van der Waals surface area contributed by atoms with Crippen LogP contribution in [0.25, 0.3) is 0 Å². The highest BCUT2D eigenvalue weighted by molar-refractivity contribution is 5.90. The van der Waals surface area contributed by atoms with Gasteiger partial charge in [-0.2, -0.15) is 0 Å². The Labute approximate surface area is 67.9 Å². The Kier molecular flexibility index (Phi) is 2.20. The quantitative estimate of drug-likeness (QED) is 0.361. The molecule has 1 rings (SSSR count). The van der Waals surface area contributed by atoms with E-state index in [2.05, 4.69) is 4.74 Å². The minimum atomic E-state index is -1.34. The van der Waals surface area contributed by atoms with E-state index in [4.69, 9.17) is 21.1 Å². The number of nitrogens with two attached hydrogens (primary N) is 1. The number of hydrogen-bond donors (Lipinski definition) is 4. The van der Waals surface area contributed by atoms with E-state index in [9.17, 15) is 4.79 Å². The molecule has 0 aromatic rings. The lowest BCUT2D eigenvalue weighted by atomic mass is 10.2. The van der Waals surface area contributed by atoms with Gasteiger partial charge in [0.25, 0.3) is 0 Å². The van der Waals surface area contributed by atoms with Crippen molar-refractivity contribution in [3.8, 4) is 0 Å². The Hall–Kier alpha value is -1.27. The number of ether oxygens (including phenoxy) is 1. The van der Waals surface area contributed by atoms with E-state index < -0.39 is 36.2 Å². The SMILES string of the molecule is NC1=C(O)[C@@H]([C@@H](O)CO)OC1=O. The molecule has 0 saturated heterocycles. The van der Waals surface area contributed by atoms with Crippen LogP contribution in [0.5, 0.6) is 0 Å². The summed E-state index contributed by atoms with van der Waals surface area (Å²) in [4.78, 5) is 10.7. The second-order valence-electron chi connectivity index (χ2n) is 2.37. The maximum absolute atomic E-state index is 10.7. The van der Waals surface area contributed by atoms with E-state index in [1.54, 1.807) is 0 Å². The summed E-state index contributed by atoms with van der Waals surface area (Å²) >= 11 is 0. The van der Waals surface area contributed by atoms with E-state index in [0.29, 0.717) is 0 Å². The first-order valence-electron chi connectivity index (χ1n) is 3.26. The highest BCUT2D eigenvalue weighted by Gasteiger charge is 2.37. The summed E-state index contributed by atoms with van der Waals surface area (Å²) in [5.41, 5.74) is 4.64. The first-order chi connectivity index (χ1) is 5.57. The number of rotatable bonds is 2. The van der Waals surface area contributed by atoms with Gasteiger partial charge in [0.1, 0.15) is 6.10 Å². The van der Waals surface area contributed by atoms with Crippen molar-refractivity contribution in [2.24, 2.45) is 5.73 Å². The lowest BCUT2D eigenvalue weighted by Crippen LogP contribution is -2.31. The monoisotopic (exact) mass is 175 g/mol. The maximum Gasteiger partial charge on any atom is 0.358 e. The van der Waals surface area contributed by atoms with E-state index in [0.717, 1.165) is 0 Å².